The highest BCUT2D eigenvalue weighted by Gasteiger charge is 2.27. The number of aliphatic imine (C=N–C) groups is 1. The zero-order valence-electron chi connectivity index (χ0n) is 10.8. The molecule has 0 fully saturated rings. The number of nitrogens with zero attached hydrogens (tertiary/aromatic N) is 2. The van der Waals surface area contributed by atoms with Gasteiger partial charge in [0.2, 0.25) is 0 Å². The molecule has 0 aromatic heterocycles. The van der Waals surface area contributed by atoms with Gasteiger partial charge in [-0.15, -0.1) is 0 Å². The van der Waals surface area contributed by atoms with Crippen molar-refractivity contribution in [1.82, 2.24) is 4.90 Å². The lowest BCUT2D eigenvalue weighted by Gasteiger charge is -2.32. The van der Waals surface area contributed by atoms with Crippen LogP contribution in [0.3, 0.4) is 0 Å². The Hall–Kier alpha value is -0.960. The van der Waals surface area contributed by atoms with Crippen LogP contribution in [0.1, 0.15) is 40.0 Å². The molecular formula is C13H22N2O. The second kappa shape index (κ2) is 5.94. The van der Waals surface area contributed by atoms with Crippen LogP contribution >= 0.6 is 0 Å². The largest absolute Gasteiger partial charge is 0.298 e. The highest BCUT2D eigenvalue weighted by atomic mass is 16.1. The van der Waals surface area contributed by atoms with Crippen molar-refractivity contribution >= 4 is 12.0 Å². The Balaban J connectivity index is 2.89. The lowest BCUT2D eigenvalue weighted by Crippen LogP contribution is -2.41. The van der Waals surface area contributed by atoms with Gasteiger partial charge in [-0.25, -0.2) is 0 Å². The standard InChI is InChI=1S/C13H22N2O/c1-5-7-14-12-9-15(4)13(10(3)16)8-11(12)6-2/h7,13H,5-6,8-9H2,1-4H3. The van der Waals surface area contributed by atoms with Crippen molar-refractivity contribution < 1.29 is 4.79 Å². The number of Topliss-reactive ketones (excluding diaryl/α,β-unsaturated/α-hetero) is 1. The maximum atomic E-state index is 11.5. The van der Waals surface area contributed by atoms with E-state index in [-0.39, 0.29) is 11.8 Å². The number of rotatable bonds is 4. The molecule has 0 bridgehead atoms. The third-order valence-corrected chi connectivity index (χ3v) is 3.10. The Morgan fingerprint density at radius 1 is 1.56 bits per heavy atom. The number of hydrogen-bond acceptors (Lipinski definition) is 3. The SMILES string of the molecule is CCC=NC1=C(CC)CC(C(C)=O)N(C)C1. The molecule has 0 radical (unpaired) electrons. The third kappa shape index (κ3) is 3.01. The maximum absolute atomic E-state index is 11.5. The van der Waals surface area contributed by atoms with E-state index in [1.807, 2.05) is 13.3 Å². The van der Waals surface area contributed by atoms with Crippen LogP contribution in [0.25, 0.3) is 0 Å². The first-order valence-electron chi connectivity index (χ1n) is 6.04. The minimum atomic E-state index is 0.0514. The highest BCUT2D eigenvalue weighted by molar-refractivity contribution is 5.82. The zero-order valence-corrected chi connectivity index (χ0v) is 10.8. The lowest BCUT2D eigenvalue weighted by molar-refractivity contribution is -0.121. The van der Waals surface area contributed by atoms with Gasteiger partial charge >= 0.3 is 0 Å². The van der Waals surface area contributed by atoms with E-state index in [2.05, 4.69) is 23.7 Å². The van der Waals surface area contributed by atoms with Crippen LogP contribution in [0.15, 0.2) is 16.3 Å². The van der Waals surface area contributed by atoms with Gasteiger partial charge in [-0.05, 0) is 38.8 Å². The highest BCUT2D eigenvalue weighted by Crippen LogP contribution is 2.25. The molecule has 1 rings (SSSR count). The Labute approximate surface area is 98.2 Å². The van der Waals surface area contributed by atoms with E-state index in [4.69, 9.17) is 0 Å². The van der Waals surface area contributed by atoms with Crippen LogP contribution < -0.4 is 0 Å². The van der Waals surface area contributed by atoms with Gasteiger partial charge in [-0.3, -0.25) is 14.7 Å². The van der Waals surface area contributed by atoms with Gasteiger partial charge in [0.25, 0.3) is 0 Å². The molecule has 1 unspecified atom stereocenters. The smallest absolute Gasteiger partial charge is 0.147 e. The van der Waals surface area contributed by atoms with E-state index >= 15 is 0 Å². The predicted molar refractivity (Wildman–Crippen MR) is 67.8 cm³/mol. The zero-order chi connectivity index (χ0) is 12.1. The fourth-order valence-electron chi connectivity index (χ4n) is 2.10. The summed E-state index contributed by atoms with van der Waals surface area (Å²) in [5.74, 6) is 0.256. The number of hydrogen-bond donors (Lipinski definition) is 0. The molecule has 3 nitrogen and oxygen atoms in total. The average Bonchev–Trinajstić information content (AvgIpc) is 2.25. The maximum Gasteiger partial charge on any atom is 0.147 e. The topological polar surface area (TPSA) is 32.7 Å². The van der Waals surface area contributed by atoms with Crippen molar-refractivity contribution in [2.75, 3.05) is 13.6 Å². The Morgan fingerprint density at radius 2 is 2.25 bits per heavy atom. The minimum absolute atomic E-state index is 0.0514. The minimum Gasteiger partial charge on any atom is -0.298 e. The summed E-state index contributed by atoms with van der Waals surface area (Å²) in [6.07, 6.45) is 4.75. The number of ketones is 1. The Morgan fingerprint density at radius 3 is 2.75 bits per heavy atom. The monoisotopic (exact) mass is 222 g/mol. The van der Waals surface area contributed by atoms with Gasteiger partial charge in [-0.1, -0.05) is 13.8 Å². The van der Waals surface area contributed by atoms with Gasteiger partial charge in [0.15, 0.2) is 0 Å². The molecule has 1 aliphatic rings. The summed E-state index contributed by atoms with van der Waals surface area (Å²) < 4.78 is 0. The van der Waals surface area contributed by atoms with Gasteiger partial charge in [0.1, 0.15) is 5.78 Å². The van der Waals surface area contributed by atoms with Crippen molar-refractivity contribution in [1.29, 1.82) is 0 Å². The second-order valence-corrected chi connectivity index (χ2v) is 4.37. The van der Waals surface area contributed by atoms with Gasteiger partial charge in [0, 0.05) is 12.8 Å². The molecule has 0 spiro atoms. The molecule has 16 heavy (non-hydrogen) atoms. The number of carbonyl (C=O) groups is 1. The lowest BCUT2D eigenvalue weighted by atomic mass is 9.94. The summed E-state index contributed by atoms with van der Waals surface area (Å²) in [5.41, 5.74) is 2.49. The van der Waals surface area contributed by atoms with E-state index in [1.165, 1.54) is 5.57 Å². The quantitative estimate of drug-likeness (QED) is 0.684. The van der Waals surface area contributed by atoms with E-state index in [9.17, 15) is 4.79 Å². The summed E-state index contributed by atoms with van der Waals surface area (Å²) in [6, 6.07) is 0.0514. The van der Waals surface area contributed by atoms with Crippen LogP contribution in [-0.4, -0.2) is 36.5 Å². The second-order valence-electron chi connectivity index (χ2n) is 4.37. The summed E-state index contributed by atoms with van der Waals surface area (Å²) in [6.45, 7) is 6.69. The molecule has 0 aliphatic carbocycles. The van der Waals surface area contributed by atoms with Crippen LogP contribution in [0, 0.1) is 0 Å². The average molecular weight is 222 g/mol. The molecule has 90 valence electrons. The summed E-state index contributed by atoms with van der Waals surface area (Å²) in [5, 5.41) is 0. The number of carbonyl (C=O) groups excluding carboxylic acids is 1. The molecule has 1 atom stereocenters. The third-order valence-electron chi connectivity index (χ3n) is 3.10. The van der Waals surface area contributed by atoms with Crippen molar-refractivity contribution in [2.45, 2.75) is 46.1 Å². The molecular weight excluding hydrogens is 200 g/mol. The van der Waals surface area contributed by atoms with Crippen molar-refractivity contribution in [3.05, 3.63) is 11.3 Å². The van der Waals surface area contributed by atoms with Crippen molar-refractivity contribution in [2.24, 2.45) is 4.99 Å². The fraction of sp³-hybridized carbons (Fsp3) is 0.692. The molecule has 1 heterocycles. The predicted octanol–water partition coefficient (Wildman–Crippen LogP) is 2.42. The summed E-state index contributed by atoms with van der Waals surface area (Å²) >= 11 is 0. The van der Waals surface area contributed by atoms with Gasteiger partial charge in [-0.2, -0.15) is 0 Å². The molecule has 3 heteroatoms. The van der Waals surface area contributed by atoms with Crippen molar-refractivity contribution in [3.63, 3.8) is 0 Å². The van der Waals surface area contributed by atoms with Crippen LogP contribution in [-0.2, 0) is 4.79 Å². The van der Waals surface area contributed by atoms with E-state index in [1.54, 1.807) is 6.92 Å². The van der Waals surface area contributed by atoms with E-state index in [0.29, 0.717) is 0 Å². The van der Waals surface area contributed by atoms with Gasteiger partial charge < -0.3 is 0 Å². The Bertz CT molecular complexity index is 318. The van der Waals surface area contributed by atoms with Crippen LogP contribution in [0.4, 0.5) is 0 Å². The molecule has 0 amide bonds. The first-order valence-corrected chi connectivity index (χ1v) is 6.04. The van der Waals surface area contributed by atoms with Crippen LogP contribution in [0.5, 0.6) is 0 Å². The molecule has 0 saturated heterocycles. The summed E-state index contributed by atoms with van der Waals surface area (Å²) in [4.78, 5) is 18.1. The summed E-state index contributed by atoms with van der Waals surface area (Å²) in [7, 11) is 2.00. The van der Waals surface area contributed by atoms with Crippen LogP contribution in [0.2, 0.25) is 0 Å². The first kappa shape index (κ1) is 13.1. The Kier molecular flexibility index (Phi) is 4.87. The first-order chi connectivity index (χ1) is 7.60. The van der Waals surface area contributed by atoms with Crippen molar-refractivity contribution in [3.8, 4) is 0 Å². The van der Waals surface area contributed by atoms with Gasteiger partial charge in [0.05, 0.1) is 11.7 Å². The molecule has 1 aliphatic heterocycles. The fourth-order valence-corrected chi connectivity index (χ4v) is 2.10. The molecule has 0 saturated carbocycles. The molecule has 0 aromatic carbocycles. The number of likely N-dealkylation sites (N-methyl/N-ethyl adjacent to an activating group) is 1. The molecule has 0 aromatic rings. The van der Waals surface area contributed by atoms with E-state index in [0.717, 1.165) is 31.5 Å². The normalized spacial score (nSPS) is 23.1. The van der Waals surface area contributed by atoms with E-state index < -0.39 is 0 Å². The molecule has 0 N–H and O–H groups in total.